The van der Waals surface area contributed by atoms with Gasteiger partial charge < -0.3 is 4.74 Å². The predicted molar refractivity (Wildman–Crippen MR) is 122 cm³/mol. The Morgan fingerprint density at radius 2 is 1.68 bits per heavy atom. The number of benzene rings is 3. The van der Waals surface area contributed by atoms with Gasteiger partial charge in [-0.2, -0.15) is 12.5 Å². The van der Waals surface area contributed by atoms with E-state index in [0.717, 1.165) is 15.2 Å². The fraction of sp³-hybridized carbons (Fsp3) is 0.125. The van der Waals surface area contributed by atoms with Gasteiger partial charge in [0.1, 0.15) is 5.75 Å². The molecule has 0 radical (unpaired) electrons. The highest BCUT2D eigenvalue weighted by atomic mass is 32.2. The van der Waals surface area contributed by atoms with E-state index in [-0.39, 0.29) is 16.8 Å². The molecule has 0 aliphatic carbocycles. The SMILES string of the molecule is COc1ccc2c(c1)c(=O)n(CC=Cc1ccccc1)n2S(=O)(=O)c1ccc(C)cc1. The lowest BCUT2D eigenvalue weighted by Gasteiger charge is -2.12. The number of rotatable bonds is 6. The first-order chi connectivity index (χ1) is 14.9. The minimum absolute atomic E-state index is 0.0931. The summed E-state index contributed by atoms with van der Waals surface area (Å²) in [5.41, 5.74) is 1.81. The highest BCUT2D eigenvalue weighted by Crippen LogP contribution is 2.23. The van der Waals surface area contributed by atoms with Crippen LogP contribution >= 0.6 is 0 Å². The van der Waals surface area contributed by atoms with Gasteiger partial charge in [-0.05, 0) is 42.8 Å². The lowest BCUT2D eigenvalue weighted by molar-refractivity contribution is 0.415. The molecule has 7 heteroatoms. The van der Waals surface area contributed by atoms with Crippen molar-refractivity contribution in [3.8, 4) is 5.75 Å². The van der Waals surface area contributed by atoms with Crippen molar-refractivity contribution in [3.05, 3.63) is 100 Å². The smallest absolute Gasteiger partial charge is 0.282 e. The Labute approximate surface area is 180 Å². The summed E-state index contributed by atoms with van der Waals surface area (Å²) in [6.45, 7) is 1.98. The summed E-state index contributed by atoms with van der Waals surface area (Å²) < 4.78 is 34.6. The zero-order valence-corrected chi connectivity index (χ0v) is 18.0. The second-order valence-electron chi connectivity index (χ2n) is 7.14. The number of aromatic nitrogens is 2. The second kappa shape index (κ2) is 8.28. The van der Waals surface area contributed by atoms with Gasteiger partial charge in [0.25, 0.3) is 15.6 Å². The molecule has 31 heavy (non-hydrogen) atoms. The van der Waals surface area contributed by atoms with E-state index >= 15 is 0 Å². The summed E-state index contributed by atoms with van der Waals surface area (Å²) in [6, 6.07) is 21.0. The van der Waals surface area contributed by atoms with Crippen LogP contribution in [0.15, 0.2) is 88.6 Å². The van der Waals surface area contributed by atoms with Crippen LogP contribution in [0.1, 0.15) is 11.1 Å². The molecule has 0 saturated heterocycles. The standard InChI is InChI=1S/C24H22N2O4S/c1-18-10-13-21(14-11-18)31(28,29)26-23-15-12-20(30-2)17-22(23)24(27)25(26)16-6-9-19-7-4-3-5-8-19/h3-15,17H,16H2,1-2H3. The number of allylic oxidation sites excluding steroid dienone is 1. The van der Waals surface area contributed by atoms with Crippen LogP contribution in [0.25, 0.3) is 17.0 Å². The maximum atomic E-state index is 13.5. The van der Waals surface area contributed by atoms with Crippen LogP contribution in [0.3, 0.4) is 0 Å². The Morgan fingerprint density at radius 3 is 2.35 bits per heavy atom. The third-order valence-corrected chi connectivity index (χ3v) is 6.75. The monoisotopic (exact) mass is 434 g/mol. The molecule has 1 aromatic heterocycles. The number of aryl methyl sites for hydroxylation is 1. The van der Waals surface area contributed by atoms with E-state index in [1.165, 1.54) is 11.8 Å². The molecule has 0 bridgehead atoms. The summed E-state index contributed by atoms with van der Waals surface area (Å²) >= 11 is 0. The lowest BCUT2D eigenvalue weighted by Crippen LogP contribution is -2.27. The third-order valence-electron chi connectivity index (χ3n) is 5.03. The molecular weight excluding hydrogens is 412 g/mol. The number of ether oxygens (including phenoxy) is 1. The van der Waals surface area contributed by atoms with Crippen molar-refractivity contribution in [2.45, 2.75) is 18.4 Å². The van der Waals surface area contributed by atoms with Gasteiger partial charge in [-0.1, -0.05) is 60.2 Å². The molecular formula is C24H22N2O4S. The van der Waals surface area contributed by atoms with E-state index in [2.05, 4.69) is 0 Å². The summed E-state index contributed by atoms with van der Waals surface area (Å²) in [5, 5.41) is 0.281. The molecule has 0 spiro atoms. The maximum Gasteiger partial charge on any atom is 0.282 e. The number of fused-ring (bicyclic) bond motifs is 1. The lowest BCUT2D eigenvalue weighted by atomic mass is 10.2. The van der Waals surface area contributed by atoms with E-state index in [0.29, 0.717) is 11.3 Å². The van der Waals surface area contributed by atoms with Crippen molar-refractivity contribution < 1.29 is 13.2 Å². The number of nitrogens with zero attached hydrogens (tertiary/aromatic N) is 2. The van der Waals surface area contributed by atoms with E-state index in [9.17, 15) is 13.2 Å². The van der Waals surface area contributed by atoms with Crippen LogP contribution in [-0.2, 0) is 16.6 Å². The Morgan fingerprint density at radius 1 is 0.968 bits per heavy atom. The van der Waals surface area contributed by atoms with E-state index < -0.39 is 15.6 Å². The fourth-order valence-corrected chi connectivity index (χ4v) is 4.91. The summed E-state index contributed by atoms with van der Waals surface area (Å²) in [7, 11) is -2.50. The molecule has 0 atom stereocenters. The van der Waals surface area contributed by atoms with Crippen LogP contribution in [0.5, 0.6) is 5.75 Å². The van der Waals surface area contributed by atoms with Crippen molar-refractivity contribution in [2.24, 2.45) is 0 Å². The topological polar surface area (TPSA) is 70.3 Å². The van der Waals surface area contributed by atoms with Crippen LogP contribution in [0.4, 0.5) is 0 Å². The van der Waals surface area contributed by atoms with Gasteiger partial charge in [0, 0.05) is 0 Å². The minimum Gasteiger partial charge on any atom is -0.497 e. The molecule has 6 nitrogen and oxygen atoms in total. The zero-order valence-electron chi connectivity index (χ0n) is 17.2. The average molecular weight is 435 g/mol. The largest absolute Gasteiger partial charge is 0.497 e. The normalized spacial score (nSPS) is 11.9. The molecule has 0 aliphatic rings. The molecule has 0 fully saturated rings. The van der Waals surface area contributed by atoms with Crippen LogP contribution in [-0.4, -0.2) is 24.3 Å². The van der Waals surface area contributed by atoms with Gasteiger partial charge >= 0.3 is 0 Å². The number of hydrogen-bond acceptors (Lipinski definition) is 4. The van der Waals surface area contributed by atoms with Crippen molar-refractivity contribution in [2.75, 3.05) is 7.11 Å². The van der Waals surface area contributed by atoms with Crippen molar-refractivity contribution in [3.63, 3.8) is 0 Å². The second-order valence-corrected chi connectivity index (χ2v) is 8.91. The molecule has 158 valence electrons. The summed E-state index contributed by atoms with van der Waals surface area (Å²) in [5.74, 6) is 0.487. The Hall–Kier alpha value is -3.58. The Kier molecular flexibility index (Phi) is 5.52. The quantitative estimate of drug-likeness (QED) is 0.459. The first kappa shape index (κ1) is 20.7. The van der Waals surface area contributed by atoms with Gasteiger partial charge in [0.15, 0.2) is 0 Å². The van der Waals surface area contributed by atoms with Crippen molar-refractivity contribution in [1.82, 2.24) is 8.77 Å². The van der Waals surface area contributed by atoms with Crippen LogP contribution < -0.4 is 10.3 Å². The Balaban J connectivity index is 1.89. The predicted octanol–water partition coefficient (Wildman–Crippen LogP) is 4.07. The zero-order chi connectivity index (χ0) is 22.0. The van der Waals surface area contributed by atoms with E-state index in [1.54, 1.807) is 48.5 Å². The summed E-state index contributed by atoms with van der Waals surface area (Å²) in [6.07, 6.45) is 3.63. The van der Waals surface area contributed by atoms with Gasteiger partial charge in [-0.3, -0.25) is 4.79 Å². The van der Waals surface area contributed by atoms with E-state index in [1.807, 2.05) is 43.3 Å². The van der Waals surface area contributed by atoms with Gasteiger partial charge in [0.2, 0.25) is 0 Å². The van der Waals surface area contributed by atoms with Crippen LogP contribution in [0.2, 0.25) is 0 Å². The molecule has 4 aromatic rings. The molecule has 4 rings (SSSR count). The van der Waals surface area contributed by atoms with Gasteiger partial charge in [-0.15, -0.1) is 0 Å². The van der Waals surface area contributed by atoms with Crippen molar-refractivity contribution in [1.29, 1.82) is 0 Å². The first-order valence-corrected chi connectivity index (χ1v) is 11.2. The summed E-state index contributed by atoms with van der Waals surface area (Å²) in [4.78, 5) is 13.3. The van der Waals surface area contributed by atoms with Gasteiger partial charge in [0.05, 0.1) is 29.5 Å². The third kappa shape index (κ3) is 3.92. The fourth-order valence-electron chi connectivity index (χ4n) is 3.41. The molecule has 0 aliphatic heterocycles. The minimum atomic E-state index is -4.00. The van der Waals surface area contributed by atoms with Crippen molar-refractivity contribution >= 4 is 27.0 Å². The first-order valence-electron chi connectivity index (χ1n) is 9.75. The number of hydrogen-bond donors (Lipinski definition) is 0. The molecule has 0 N–H and O–H groups in total. The molecule has 0 saturated carbocycles. The maximum absolute atomic E-state index is 13.5. The number of methoxy groups -OCH3 is 1. The molecule has 0 unspecified atom stereocenters. The van der Waals surface area contributed by atoms with E-state index in [4.69, 9.17) is 4.74 Å². The molecule has 1 heterocycles. The molecule has 3 aromatic carbocycles. The molecule has 0 amide bonds. The van der Waals surface area contributed by atoms with Crippen LogP contribution in [0, 0.1) is 6.92 Å². The highest BCUT2D eigenvalue weighted by molar-refractivity contribution is 7.90. The van der Waals surface area contributed by atoms with Gasteiger partial charge in [-0.25, -0.2) is 4.68 Å². The Bertz CT molecular complexity index is 1410. The highest BCUT2D eigenvalue weighted by Gasteiger charge is 2.25. The average Bonchev–Trinajstić information content (AvgIpc) is 3.06.